The Bertz CT molecular complexity index is 535. The van der Waals surface area contributed by atoms with Crippen molar-refractivity contribution in [2.75, 3.05) is 33.3 Å². The first-order valence-corrected chi connectivity index (χ1v) is 7.54. The molecule has 6 nitrogen and oxygen atoms in total. The molecule has 0 saturated carbocycles. The van der Waals surface area contributed by atoms with Gasteiger partial charge in [0.2, 0.25) is 5.91 Å². The molecular weight excluding hydrogens is 306 g/mol. The molecule has 1 fully saturated rings. The summed E-state index contributed by atoms with van der Waals surface area (Å²) in [6.45, 7) is 3.75. The van der Waals surface area contributed by atoms with Gasteiger partial charge in [0.05, 0.1) is 6.04 Å². The Morgan fingerprint density at radius 3 is 2.73 bits per heavy atom. The molecule has 0 radical (unpaired) electrons. The van der Waals surface area contributed by atoms with Gasteiger partial charge in [0.15, 0.2) is 0 Å². The zero-order valence-electron chi connectivity index (χ0n) is 12.7. The van der Waals surface area contributed by atoms with Crippen LogP contribution in [0, 0.1) is 0 Å². The summed E-state index contributed by atoms with van der Waals surface area (Å²) < 4.78 is 5.60. The van der Waals surface area contributed by atoms with Crippen molar-refractivity contribution in [3.8, 4) is 5.75 Å². The van der Waals surface area contributed by atoms with Gasteiger partial charge in [-0.15, -0.1) is 0 Å². The van der Waals surface area contributed by atoms with Crippen molar-refractivity contribution in [3.05, 3.63) is 29.3 Å². The van der Waals surface area contributed by atoms with Crippen molar-refractivity contribution < 1.29 is 14.3 Å². The highest BCUT2D eigenvalue weighted by Gasteiger charge is 2.31. The average Bonchev–Trinajstić information content (AvgIpc) is 2.93. The molecular formula is C15H20ClN3O3. The van der Waals surface area contributed by atoms with Crippen LogP contribution < -0.4 is 10.1 Å². The Hall–Kier alpha value is -1.79. The van der Waals surface area contributed by atoms with E-state index in [0.29, 0.717) is 31.3 Å². The molecule has 0 bridgehead atoms. The number of carbonyl (C=O) groups is 2. The Morgan fingerprint density at radius 2 is 2.14 bits per heavy atom. The number of nitrogens with zero attached hydrogens (tertiary/aromatic N) is 2. The lowest BCUT2D eigenvalue weighted by molar-refractivity contribution is -0.132. The Balaban J connectivity index is 1.78. The lowest BCUT2D eigenvalue weighted by Crippen LogP contribution is -2.47. The van der Waals surface area contributed by atoms with Gasteiger partial charge in [-0.25, -0.2) is 4.79 Å². The summed E-state index contributed by atoms with van der Waals surface area (Å²) in [7, 11) is 1.84. The van der Waals surface area contributed by atoms with Crippen molar-refractivity contribution in [1.82, 2.24) is 15.1 Å². The normalized spacial score (nSPS) is 15.8. The molecule has 7 heteroatoms. The minimum absolute atomic E-state index is 0.191. The number of imide groups is 1. The van der Waals surface area contributed by atoms with E-state index >= 15 is 0 Å². The molecule has 22 heavy (non-hydrogen) atoms. The van der Waals surface area contributed by atoms with Gasteiger partial charge in [-0.1, -0.05) is 11.6 Å². The molecule has 1 aliphatic heterocycles. The third-order valence-electron chi connectivity index (χ3n) is 3.67. The maximum atomic E-state index is 12.2. The molecule has 0 unspecified atom stereocenters. The summed E-state index contributed by atoms with van der Waals surface area (Å²) >= 11 is 5.81. The zero-order valence-corrected chi connectivity index (χ0v) is 13.5. The first kappa shape index (κ1) is 16.6. The number of urea groups is 1. The lowest BCUT2D eigenvalue weighted by Gasteiger charge is -2.26. The van der Waals surface area contributed by atoms with Gasteiger partial charge in [0.1, 0.15) is 12.4 Å². The molecule has 1 heterocycles. The number of amides is 3. The van der Waals surface area contributed by atoms with Crippen LogP contribution in [0.15, 0.2) is 24.3 Å². The molecule has 3 amide bonds. The average molecular weight is 326 g/mol. The van der Waals surface area contributed by atoms with Crippen LogP contribution in [0.25, 0.3) is 0 Å². The number of rotatable bonds is 6. The minimum atomic E-state index is -0.377. The summed E-state index contributed by atoms with van der Waals surface area (Å²) in [6.07, 6.45) is 0. The summed E-state index contributed by atoms with van der Waals surface area (Å²) in [4.78, 5) is 26.9. The van der Waals surface area contributed by atoms with Crippen molar-refractivity contribution in [1.29, 1.82) is 0 Å². The van der Waals surface area contributed by atoms with Gasteiger partial charge in [-0.2, -0.15) is 0 Å². The Kier molecular flexibility index (Phi) is 5.63. The number of benzene rings is 1. The molecule has 1 aliphatic rings. The van der Waals surface area contributed by atoms with E-state index in [9.17, 15) is 9.59 Å². The standard InChI is InChI=1S/C15H20ClN3O3/c1-11(14(20)19-8-7-17-15(19)21)18(2)9-10-22-13-5-3-12(16)4-6-13/h3-6,11H,7-10H2,1-2H3,(H,17,21)/t11-/m1/s1. The molecule has 1 aromatic carbocycles. The second-order valence-corrected chi connectivity index (χ2v) is 5.62. The summed E-state index contributed by atoms with van der Waals surface area (Å²) in [6, 6.07) is 6.43. The van der Waals surface area contributed by atoms with Gasteiger partial charge < -0.3 is 10.1 Å². The van der Waals surface area contributed by atoms with Crippen molar-refractivity contribution in [2.24, 2.45) is 0 Å². The van der Waals surface area contributed by atoms with Crippen molar-refractivity contribution >= 4 is 23.5 Å². The molecule has 2 rings (SSSR count). The predicted octanol–water partition coefficient (Wildman–Crippen LogP) is 1.59. The highest BCUT2D eigenvalue weighted by atomic mass is 35.5. The third kappa shape index (κ3) is 4.11. The maximum absolute atomic E-state index is 12.2. The SMILES string of the molecule is C[C@H](C(=O)N1CCNC1=O)N(C)CCOc1ccc(Cl)cc1. The first-order valence-electron chi connectivity index (χ1n) is 7.17. The number of carbonyl (C=O) groups excluding carboxylic acids is 2. The number of halogens is 1. The monoisotopic (exact) mass is 325 g/mol. The number of hydrogen-bond acceptors (Lipinski definition) is 4. The third-order valence-corrected chi connectivity index (χ3v) is 3.92. The van der Waals surface area contributed by atoms with Crippen LogP contribution in [-0.4, -0.2) is 61.1 Å². The van der Waals surface area contributed by atoms with Crippen molar-refractivity contribution in [3.63, 3.8) is 0 Å². The van der Waals surface area contributed by atoms with E-state index in [1.165, 1.54) is 4.90 Å². The van der Waals surface area contributed by atoms with E-state index in [0.717, 1.165) is 5.75 Å². The Morgan fingerprint density at radius 1 is 1.45 bits per heavy atom. The number of ether oxygens (including phenoxy) is 1. The predicted molar refractivity (Wildman–Crippen MR) is 84.2 cm³/mol. The van der Waals surface area contributed by atoms with Crippen LogP contribution in [-0.2, 0) is 4.79 Å². The van der Waals surface area contributed by atoms with Gasteiger partial charge in [-0.3, -0.25) is 14.6 Å². The van der Waals surface area contributed by atoms with Gasteiger partial charge >= 0.3 is 6.03 Å². The fraction of sp³-hybridized carbons (Fsp3) is 0.467. The zero-order chi connectivity index (χ0) is 16.1. The lowest BCUT2D eigenvalue weighted by atomic mass is 10.2. The smallest absolute Gasteiger partial charge is 0.324 e. The molecule has 0 aliphatic carbocycles. The van der Waals surface area contributed by atoms with Crippen LogP contribution in [0.2, 0.25) is 5.02 Å². The molecule has 1 N–H and O–H groups in total. The van der Waals surface area contributed by atoms with E-state index in [2.05, 4.69) is 5.32 Å². The van der Waals surface area contributed by atoms with E-state index in [1.807, 2.05) is 11.9 Å². The van der Waals surface area contributed by atoms with Crippen LogP contribution in [0.1, 0.15) is 6.92 Å². The molecule has 0 aromatic heterocycles. The maximum Gasteiger partial charge on any atom is 0.324 e. The highest BCUT2D eigenvalue weighted by Crippen LogP contribution is 2.15. The molecule has 120 valence electrons. The molecule has 1 atom stereocenters. The van der Waals surface area contributed by atoms with Crippen LogP contribution in [0.4, 0.5) is 4.79 Å². The topological polar surface area (TPSA) is 61.9 Å². The summed E-state index contributed by atoms with van der Waals surface area (Å²) in [5, 5.41) is 3.29. The van der Waals surface area contributed by atoms with E-state index in [4.69, 9.17) is 16.3 Å². The van der Waals surface area contributed by atoms with E-state index in [1.54, 1.807) is 31.2 Å². The van der Waals surface area contributed by atoms with Crippen LogP contribution in [0.5, 0.6) is 5.75 Å². The molecule has 0 spiro atoms. The van der Waals surface area contributed by atoms with Crippen LogP contribution >= 0.6 is 11.6 Å². The fourth-order valence-corrected chi connectivity index (χ4v) is 2.25. The second-order valence-electron chi connectivity index (χ2n) is 5.18. The van der Waals surface area contributed by atoms with Crippen LogP contribution in [0.3, 0.4) is 0 Å². The summed E-state index contributed by atoms with van der Waals surface area (Å²) in [5.74, 6) is 0.541. The summed E-state index contributed by atoms with van der Waals surface area (Å²) in [5.41, 5.74) is 0. The molecule has 1 aromatic rings. The van der Waals surface area contributed by atoms with Gasteiger partial charge in [0, 0.05) is 24.7 Å². The highest BCUT2D eigenvalue weighted by molar-refractivity contribution is 6.30. The fourth-order valence-electron chi connectivity index (χ4n) is 2.13. The largest absolute Gasteiger partial charge is 0.492 e. The number of hydrogen-bond donors (Lipinski definition) is 1. The van der Waals surface area contributed by atoms with Gasteiger partial charge in [0.25, 0.3) is 0 Å². The second kappa shape index (κ2) is 7.47. The first-order chi connectivity index (χ1) is 10.5. The van der Waals surface area contributed by atoms with Crippen molar-refractivity contribution in [2.45, 2.75) is 13.0 Å². The number of nitrogens with one attached hydrogen (secondary N) is 1. The van der Waals surface area contributed by atoms with E-state index < -0.39 is 0 Å². The number of likely N-dealkylation sites (N-methyl/N-ethyl adjacent to an activating group) is 1. The quantitative estimate of drug-likeness (QED) is 0.863. The van der Waals surface area contributed by atoms with Gasteiger partial charge in [-0.05, 0) is 38.2 Å². The Labute approximate surface area is 135 Å². The minimum Gasteiger partial charge on any atom is -0.492 e. The van der Waals surface area contributed by atoms with E-state index in [-0.39, 0.29) is 18.0 Å². The molecule has 1 saturated heterocycles.